The molecule has 1 aliphatic rings. The monoisotopic (exact) mass is 336 g/mol. The van der Waals surface area contributed by atoms with Crippen LogP contribution in [0.25, 0.3) is 0 Å². The second-order valence-corrected chi connectivity index (χ2v) is 6.09. The minimum atomic E-state index is -0.258. The zero-order valence-corrected chi connectivity index (χ0v) is 14.3. The molecule has 2 amide bonds. The Morgan fingerprint density at radius 3 is 2.84 bits per heavy atom. The van der Waals surface area contributed by atoms with Gasteiger partial charge in [-0.25, -0.2) is 5.01 Å². The number of hydrogen-bond acceptors (Lipinski definition) is 4. The van der Waals surface area contributed by atoms with Gasteiger partial charge in [-0.1, -0.05) is 18.2 Å². The molecule has 0 atom stereocenters. The van der Waals surface area contributed by atoms with Crippen LogP contribution >= 0.6 is 0 Å². The van der Waals surface area contributed by atoms with E-state index >= 15 is 0 Å². The van der Waals surface area contributed by atoms with E-state index in [0.717, 1.165) is 22.4 Å². The Hall–Kier alpha value is -3.02. The highest BCUT2D eigenvalue weighted by Gasteiger charge is 2.26. The number of pyridine rings is 1. The van der Waals surface area contributed by atoms with Crippen molar-refractivity contribution in [3.05, 3.63) is 59.4 Å². The van der Waals surface area contributed by atoms with Crippen LogP contribution in [0.5, 0.6) is 0 Å². The van der Waals surface area contributed by atoms with Crippen molar-refractivity contribution < 1.29 is 9.59 Å². The molecule has 1 aromatic carbocycles. The van der Waals surface area contributed by atoms with Crippen LogP contribution in [-0.2, 0) is 16.1 Å². The zero-order chi connectivity index (χ0) is 17.8. The summed E-state index contributed by atoms with van der Waals surface area (Å²) in [5.41, 5.74) is 3.98. The molecule has 1 aliphatic heterocycles. The number of nitrogens with zero attached hydrogens (tertiary/aromatic N) is 3. The predicted molar refractivity (Wildman–Crippen MR) is 96.2 cm³/mol. The molecule has 3 rings (SSSR count). The molecule has 2 aromatic rings. The molecule has 0 unspecified atom stereocenters. The van der Waals surface area contributed by atoms with Crippen molar-refractivity contribution >= 4 is 23.2 Å². The summed E-state index contributed by atoms with van der Waals surface area (Å²) in [5.74, 6) is -0.357. The van der Waals surface area contributed by atoms with Crippen LogP contribution in [0.15, 0.2) is 47.8 Å². The fraction of sp³-hybridized carbons (Fsp3) is 0.263. The summed E-state index contributed by atoms with van der Waals surface area (Å²) in [7, 11) is 0. The molecule has 6 nitrogen and oxygen atoms in total. The normalized spacial score (nSPS) is 14.2. The molecule has 0 radical (unpaired) electrons. The summed E-state index contributed by atoms with van der Waals surface area (Å²) in [6, 6.07) is 9.55. The third-order valence-corrected chi connectivity index (χ3v) is 4.06. The Bertz CT molecular complexity index is 831. The second kappa shape index (κ2) is 7.25. The number of carbonyl (C=O) groups excluding carboxylic acids is 2. The van der Waals surface area contributed by atoms with E-state index in [9.17, 15) is 9.59 Å². The van der Waals surface area contributed by atoms with Crippen molar-refractivity contribution in [2.75, 3.05) is 5.01 Å². The maximum absolute atomic E-state index is 12.4. The van der Waals surface area contributed by atoms with E-state index in [1.165, 1.54) is 5.01 Å². The predicted octanol–water partition coefficient (Wildman–Crippen LogP) is 2.50. The Balaban J connectivity index is 1.78. The van der Waals surface area contributed by atoms with Gasteiger partial charge in [-0.3, -0.25) is 14.6 Å². The summed E-state index contributed by atoms with van der Waals surface area (Å²) in [6.07, 6.45) is 4.00. The molecular weight excluding hydrogens is 316 g/mol. The molecule has 2 heterocycles. The SMILES string of the molecule is Cc1ccc(C)c(N2N=C(C(=O)NCc3cccnc3)CCC2=O)c1. The number of anilines is 1. The third-order valence-electron chi connectivity index (χ3n) is 4.06. The van der Waals surface area contributed by atoms with E-state index < -0.39 is 0 Å². The highest BCUT2D eigenvalue weighted by Crippen LogP contribution is 2.25. The number of hydrazone groups is 1. The lowest BCUT2D eigenvalue weighted by Gasteiger charge is -2.24. The smallest absolute Gasteiger partial charge is 0.267 e. The standard InChI is InChI=1S/C19H20N4O2/c1-13-5-6-14(2)17(10-13)23-18(24)8-7-16(22-23)19(25)21-12-15-4-3-9-20-11-15/h3-6,9-11H,7-8,12H2,1-2H3,(H,21,25). The summed E-state index contributed by atoms with van der Waals surface area (Å²) < 4.78 is 0. The van der Waals surface area contributed by atoms with Crippen LogP contribution in [0.4, 0.5) is 5.69 Å². The maximum atomic E-state index is 12.4. The van der Waals surface area contributed by atoms with Crippen LogP contribution < -0.4 is 10.3 Å². The van der Waals surface area contributed by atoms with E-state index in [0.29, 0.717) is 18.7 Å². The van der Waals surface area contributed by atoms with Gasteiger partial charge in [-0.05, 0) is 42.7 Å². The van der Waals surface area contributed by atoms with Crippen LogP contribution in [0.3, 0.4) is 0 Å². The van der Waals surface area contributed by atoms with Crippen molar-refractivity contribution in [2.45, 2.75) is 33.2 Å². The number of nitrogens with one attached hydrogen (secondary N) is 1. The van der Waals surface area contributed by atoms with Crippen molar-refractivity contribution in [3.8, 4) is 0 Å². The first-order chi connectivity index (χ1) is 12.0. The number of benzene rings is 1. The lowest BCUT2D eigenvalue weighted by Crippen LogP contribution is -2.39. The Kier molecular flexibility index (Phi) is 4.88. The van der Waals surface area contributed by atoms with Crippen molar-refractivity contribution in [1.29, 1.82) is 0 Å². The summed E-state index contributed by atoms with van der Waals surface area (Å²) >= 11 is 0. The van der Waals surface area contributed by atoms with Crippen molar-refractivity contribution in [3.63, 3.8) is 0 Å². The molecule has 1 N–H and O–H groups in total. The van der Waals surface area contributed by atoms with Gasteiger partial charge in [0.15, 0.2) is 0 Å². The number of aryl methyl sites for hydroxylation is 2. The van der Waals surface area contributed by atoms with E-state index in [1.807, 2.05) is 44.2 Å². The van der Waals surface area contributed by atoms with Gasteiger partial charge in [0.05, 0.1) is 5.69 Å². The Labute approximate surface area is 146 Å². The minimum Gasteiger partial charge on any atom is -0.347 e. The first-order valence-electron chi connectivity index (χ1n) is 8.19. The average molecular weight is 336 g/mol. The van der Waals surface area contributed by atoms with Gasteiger partial charge >= 0.3 is 0 Å². The van der Waals surface area contributed by atoms with Gasteiger partial charge in [0, 0.05) is 31.8 Å². The van der Waals surface area contributed by atoms with E-state index in [2.05, 4.69) is 15.4 Å². The van der Waals surface area contributed by atoms with Crippen LogP contribution in [-0.4, -0.2) is 22.5 Å². The summed E-state index contributed by atoms with van der Waals surface area (Å²) in [4.78, 5) is 28.7. The van der Waals surface area contributed by atoms with Crippen molar-refractivity contribution in [1.82, 2.24) is 10.3 Å². The second-order valence-electron chi connectivity index (χ2n) is 6.09. The number of carbonyl (C=O) groups is 2. The third kappa shape index (κ3) is 3.91. The van der Waals surface area contributed by atoms with Gasteiger partial charge in [-0.2, -0.15) is 5.10 Å². The van der Waals surface area contributed by atoms with E-state index in [1.54, 1.807) is 12.4 Å². The summed E-state index contributed by atoms with van der Waals surface area (Å²) in [5, 5.41) is 8.51. The zero-order valence-electron chi connectivity index (χ0n) is 14.3. The lowest BCUT2D eigenvalue weighted by molar-refractivity contribution is -0.119. The van der Waals surface area contributed by atoms with Crippen LogP contribution in [0.2, 0.25) is 0 Å². The molecule has 128 valence electrons. The van der Waals surface area contributed by atoms with Gasteiger partial charge in [0.2, 0.25) is 5.91 Å². The fourth-order valence-electron chi connectivity index (χ4n) is 2.64. The van der Waals surface area contributed by atoms with E-state index in [4.69, 9.17) is 0 Å². The first-order valence-corrected chi connectivity index (χ1v) is 8.19. The van der Waals surface area contributed by atoms with Gasteiger partial charge in [0.25, 0.3) is 5.91 Å². The Morgan fingerprint density at radius 1 is 1.24 bits per heavy atom. The molecular formula is C19H20N4O2. The van der Waals surface area contributed by atoms with Gasteiger partial charge in [-0.15, -0.1) is 0 Å². The molecule has 0 saturated heterocycles. The summed E-state index contributed by atoms with van der Waals surface area (Å²) in [6.45, 7) is 4.26. The number of amides is 2. The van der Waals surface area contributed by atoms with Crippen molar-refractivity contribution in [2.24, 2.45) is 5.10 Å². The molecule has 0 saturated carbocycles. The molecule has 25 heavy (non-hydrogen) atoms. The topological polar surface area (TPSA) is 74.7 Å². The molecule has 6 heteroatoms. The molecule has 1 aromatic heterocycles. The maximum Gasteiger partial charge on any atom is 0.267 e. The molecule has 0 aliphatic carbocycles. The molecule has 0 spiro atoms. The highest BCUT2D eigenvalue weighted by molar-refractivity contribution is 6.40. The minimum absolute atomic E-state index is 0.0995. The number of hydrogen-bond donors (Lipinski definition) is 1. The largest absolute Gasteiger partial charge is 0.347 e. The number of rotatable bonds is 4. The fourth-order valence-corrected chi connectivity index (χ4v) is 2.64. The molecule has 0 fully saturated rings. The van der Waals surface area contributed by atoms with Gasteiger partial charge < -0.3 is 5.32 Å². The average Bonchev–Trinajstić information content (AvgIpc) is 2.63. The quantitative estimate of drug-likeness (QED) is 0.932. The van der Waals surface area contributed by atoms with Crippen LogP contribution in [0.1, 0.15) is 29.5 Å². The number of aromatic nitrogens is 1. The van der Waals surface area contributed by atoms with E-state index in [-0.39, 0.29) is 18.2 Å². The van der Waals surface area contributed by atoms with Gasteiger partial charge in [0.1, 0.15) is 5.71 Å². The highest BCUT2D eigenvalue weighted by atomic mass is 16.2. The van der Waals surface area contributed by atoms with Crippen LogP contribution in [0, 0.1) is 13.8 Å². The molecule has 0 bridgehead atoms. The Morgan fingerprint density at radius 2 is 2.08 bits per heavy atom. The lowest BCUT2D eigenvalue weighted by atomic mass is 10.1. The first kappa shape index (κ1) is 16.8.